The van der Waals surface area contributed by atoms with Crippen LogP contribution in [0.3, 0.4) is 0 Å². The quantitative estimate of drug-likeness (QED) is 0.454. The Morgan fingerprint density at radius 3 is 2.21 bits per heavy atom. The molecule has 5 nitrogen and oxygen atoms in total. The second-order valence-corrected chi connectivity index (χ2v) is 7.53. The second-order valence-electron chi connectivity index (χ2n) is 7.53. The summed E-state index contributed by atoms with van der Waals surface area (Å²) < 4.78 is 5.47. The first-order valence-corrected chi connectivity index (χ1v) is 9.83. The molecule has 1 aliphatic heterocycles. The van der Waals surface area contributed by atoms with E-state index in [-0.39, 0.29) is 30.1 Å². The van der Waals surface area contributed by atoms with Crippen LogP contribution in [0, 0.1) is 5.92 Å². The van der Waals surface area contributed by atoms with E-state index >= 15 is 0 Å². The Bertz CT molecular complexity index is 869. The van der Waals surface area contributed by atoms with E-state index in [1.807, 2.05) is 23.1 Å². The SMILES string of the molecule is O=C(c1ccccc1)c1ccc(OC(=O)[C@@H]2CC(=O)N(C3CCCC3)C2)cc1. The Labute approximate surface area is 164 Å². The van der Waals surface area contributed by atoms with Crippen molar-refractivity contribution < 1.29 is 19.1 Å². The third-order valence-corrected chi connectivity index (χ3v) is 5.63. The van der Waals surface area contributed by atoms with Crippen molar-refractivity contribution in [3.8, 4) is 5.75 Å². The molecular formula is C23H23NO4. The Morgan fingerprint density at radius 2 is 1.54 bits per heavy atom. The summed E-state index contributed by atoms with van der Waals surface area (Å²) in [4.78, 5) is 39.1. The first-order valence-electron chi connectivity index (χ1n) is 9.83. The zero-order valence-corrected chi connectivity index (χ0v) is 15.7. The van der Waals surface area contributed by atoms with E-state index in [1.54, 1.807) is 36.4 Å². The molecule has 2 aromatic rings. The highest BCUT2D eigenvalue weighted by atomic mass is 16.5. The third-order valence-electron chi connectivity index (χ3n) is 5.63. The van der Waals surface area contributed by atoms with Crippen molar-refractivity contribution in [2.75, 3.05) is 6.54 Å². The smallest absolute Gasteiger partial charge is 0.316 e. The maximum absolute atomic E-state index is 12.5. The molecule has 0 bridgehead atoms. The van der Waals surface area contributed by atoms with Gasteiger partial charge in [-0.15, -0.1) is 0 Å². The van der Waals surface area contributed by atoms with Gasteiger partial charge in [0.1, 0.15) is 5.75 Å². The van der Waals surface area contributed by atoms with E-state index in [9.17, 15) is 14.4 Å². The van der Waals surface area contributed by atoms with Gasteiger partial charge in [-0.05, 0) is 37.1 Å². The van der Waals surface area contributed by atoms with Gasteiger partial charge in [0.05, 0.1) is 5.92 Å². The van der Waals surface area contributed by atoms with E-state index in [4.69, 9.17) is 4.74 Å². The van der Waals surface area contributed by atoms with Crippen LogP contribution in [0.15, 0.2) is 54.6 Å². The number of ether oxygens (including phenoxy) is 1. The molecule has 144 valence electrons. The zero-order valence-electron chi connectivity index (χ0n) is 15.7. The van der Waals surface area contributed by atoms with Crippen LogP contribution < -0.4 is 4.74 Å². The average Bonchev–Trinajstić information content (AvgIpc) is 3.38. The van der Waals surface area contributed by atoms with Crippen molar-refractivity contribution in [3.63, 3.8) is 0 Å². The van der Waals surface area contributed by atoms with Crippen molar-refractivity contribution in [1.29, 1.82) is 0 Å². The van der Waals surface area contributed by atoms with Crippen molar-refractivity contribution in [3.05, 3.63) is 65.7 Å². The summed E-state index contributed by atoms with van der Waals surface area (Å²) in [6.07, 6.45) is 4.59. The Hall–Kier alpha value is -2.95. The van der Waals surface area contributed by atoms with Crippen LogP contribution in [0.2, 0.25) is 0 Å². The third kappa shape index (κ3) is 3.84. The lowest BCUT2D eigenvalue weighted by molar-refractivity contribution is -0.139. The Balaban J connectivity index is 1.37. The largest absolute Gasteiger partial charge is 0.426 e. The van der Waals surface area contributed by atoms with Crippen LogP contribution in [0.5, 0.6) is 5.75 Å². The average molecular weight is 377 g/mol. The number of hydrogen-bond acceptors (Lipinski definition) is 4. The molecule has 1 atom stereocenters. The molecule has 1 saturated heterocycles. The van der Waals surface area contributed by atoms with Gasteiger partial charge in [0, 0.05) is 30.1 Å². The summed E-state index contributed by atoms with van der Waals surface area (Å²) in [5.41, 5.74) is 1.15. The van der Waals surface area contributed by atoms with Crippen LogP contribution in [-0.4, -0.2) is 35.1 Å². The molecule has 0 radical (unpaired) electrons. The number of rotatable bonds is 5. The van der Waals surface area contributed by atoms with Gasteiger partial charge in [-0.2, -0.15) is 0 Å². The van der Waals surface area contributed by atoms with E-state index in [2.05, 4.69) is 0 Å². The minimum absolute atomic E-state index is 0.0534. The maximum Gasteiger partial charge on any atom is 0.316 e. The monoisotopic (exact) mass is 377 g/mol. The fourth-order valence-corrected chi connectivity index (χ4v) is 4.09. The van der Waals surface area contributed by atoms with Gasteiger partial charge in [0.15, 0.2) is 5.78 Å². The number of esters is 1. The molecule has 1 saturated carbocycles. The number of likely N-dealkylation sites (tertiary alicyclic amines) is 1. The molecule has 2 aromatic carbocycles. The predicted molar refractivity (Wildman–Crippen MR) is 104 cm³/mol. The minimum Gasteiger partial charge on any atom is -0.426 e. The predicted octanol–water partition coefficient (Wildman–Crippen LogP) is 3.61. The maximum atomic E-state index is 12.5. The minimum atomic E-state index is -0.418. The molecule has 0 unspecified atom stereocenters. The highest BCUT2D eigenvalue weighted by Gasteiger charge is 2.39. The highest BCUT2D eigenvalue weighted by Crippen LogP contribution is 2.30. The molecule has 0 N–H and O–H groups in total. The lowest BCUT2D eigenvalue weighted by atomic mass is 10.0. The molecule has 1 heterocycles. The van der Waals surface area contributed by atoms with Crippen LogP contribution in [0.25, 0.3) is 0 Å². The van der Waals surface area contributed by atoms with Gasteiger partial charge in [-0.3, -0.25) is 14.4 Å². The fraction of sp³-hybridized carbons (Fsp3) is 0.348. The first-order chi connectivity index (χ1) is 13.6. The lowest BCUT2D eigenvalue weighted by Gasteiger charge is -2.23. The van der Waals surface area contributed by atoms with Gasteiger partial charge in [-0.25, -0.2) is 0 Å². The summed E-state index contributed by atoms with van der Waals surface area (Å²) in [7, 11) is 0. The van der Waals surface area contributed by atoms with Crippen molar-refractivity contribution in [2.45, 2.75) is 38.1 Å². The van der Waals surface area contributed by atoms with Gasteiger partial charge < -0.3 is 9.64 Å². The molecule has 2 aliphatic rings. The van der Waals surface area contributed by atoms with E-state index in [0.29, 0.717) is 23.4 Å². The molecule has 1 aliphatic carbocycles. The van der Waals surface area contributed by atoms with Crippen molar-refractivity contribution in [1.82, 2.24) is 4.90 Å². The number of nitrogens with zero attached hydrogens (tertiary/aromatic N) is 1. The summed E-state index contributed by atoms with van der Waals surface area (Å²) in [5.74, 6) is -0.430. The number of benzene rings is 2. The molecule has 28 heavy (non-hydrogen) atoms. The second kappa shape index (κ2) is 7.97. The molecule has 2 fully saturated rings. The standard InChI is InChI=1S/C23H23NO4/c25-21-14-18(15-24(21)19-8-4-5-9-19)23(27)28-20-12-10-17(11-13-20)22(26)16-6-2-1-3-7-16/h1-3,6-7,10-13,18-19H,4-5,8-9,14-15H2/t18-/m1/s1. The van der Waals surface area contributed by atoms with E-state index in [0.717, 1.165) is 25.7 Å². The molecule has 5 heteroatoms. The van der Waals surface area contributed by atoms with E-state index < -0.39 is 5.92 Å². The molecule has 1 amide bonds. The molecular weight excluding hydrogens is 354 g/mol. The zero-order chi connectivity index (χ0) is 19.5. The van der Waals surface area contributed by atoms with Gasteiger partial charge in [0.25, 0.3) is 0 Å². The van der Waals surface area contributed by atoms with Gasteiger partial charge in [0.2, 0.25) is 5.91 Å². The molecule has 0 spiro atoms. The number of hydrogen-bond donors (Lipinski definition) is 0. The lowest BCUT2D eigenvalue weighted by Crippen LogP contribution is -2.35. The van der Waals surface area contributed by atoms with Crippen LogP contribution in [0.4, 0.5) is 0 Å². The number of ketones is 1. The van der Waals surface area contributed by atoms with E-state index in [1.165, 1.54) is 0 Å². The van der Waals surface area contributed by atoms with Crippen molar-refractivity contribution in [2.24, 2.45) is 5.92 Å². The summed E-state index contributed by atoms with van der Waals surface area (Å²) in [6, 6.07) is 15.9. The van der Waals surface area contributed by atoms with Crippen LogP contribution >= 0.6 is 0 Å². The summed E-state index contributed by atoms with van der Waals surface area (Å²) in [6.45, 7) is 0.451. The summed E-state index contributed by atoms with van der Waals surface area (Å²) >= 11 is 0. The van der Waals surface area contributed by atoms with Gasteiger partial charge in [-0.1, -0.05) is 43.2 Å². The summed E-state index contributed by atoms with van der Waals surface area (Å²) in [5, 5.41) is 0. The number of carbonyl (C=O) groups is 3. The number of amides is 1. The highest BCUT2D eigenvalue weighted by molar-refractivity contribution is 6.09. The van der Waals surface area contributed by atoms with Gasteiger partial charge >= 0.3 is 5.97 Å². The number of carbonyl (C=O) groups excluding carboxylic acids is 3. The Kier molecular flexibility index (Phi) is 5.24. The molecule has 4 rings (SSSR count). The fourth-order valence-electron chi connectivity index (χ4n) is 4.09. The van der Waals surface area contributed by atoms with Crippen LogP contribution in [0.1, 0.15) is 48.0 Å². The first kappa shape index (κ1) is 18.4. The van der Waals surface area contributed by atoms with Crippen molar-refractivity contribution >= 4 is 17.7 Å². The Morgan fingerprint density at radius 1 is 0.893 bits per heavy atom. The topological polar surface area (TPSA) is 63.7 Å². The van der Waals surface area contributed by atoms with Crippen LogP contribution in [-0.2, 0) is 9.59 Å². The normalized spacial score (nSPS) is 19.8. The molecule has 0 aromatic heterocycles.